The van der Waals surface area contributed by atoms with Gasteiger partial charge in [-0.2, -0.15) is 0 Å². The van der Waals surface area contributed by atoms with Crippen LogP contribution >= 0.6 is 0 Å². The second-order valence-corrected chi connectivity index (χ2v) is 7.79. The zero-order chi connectivity index (χ0) is 18.4. The predicted octanol–water partition coefficient (Wildman–Crippen LogP) is 0.771. The molecule has 8 nitrogen and oxygen atoms in total. The average molecular weight is 368 g/mol. The molecule has 0 N–H and O–H groups in total. The molecule has 0 unspecified atom stereocenters. The summed E-state index contributed by atoms with van der Waals surface area (Å²) in [5.41, 5.74) is 1.26. The van der Waals surface area contributed by atoms with Crippen molar-refractivity contribution in [3.63, 3.8) is 0 Å². The summed E-state index contributed by atoms with van der Waals surface area (Å²) in [5.74, 6) is 1.88. The van der Waals surface area contributed by atoms with E-state index in [4.69, 9.17) is 4.74 Å². The van der Waals surface area contributed by atoms with Crippen LogP contribution in [-0.4, -0.2) is 74.7 Å². The van der Waals surface area contributed by atoms with Crippen molar-refractivity contribution in [3.8, 4) is 5.75 Å². The largest absolute Gasteiger partial charge is 0.497 e. The number of carbonyl (C=O) groups is 1. The van der Waals surface area contributed by atoms with Gasteiger partial charge in [0, 0.05) is 18.5 Å². The molecule has 1 aromatic carbocycles. The Kier molecular flexibility index (Phi) is 4.07. The number of hydrogen-bond acceptors (Lipinski definition) is 6. The molecule has 0 spiro atoms. The number of carbonyl (C=O) groups excluding carboxylic acids is 1. The molecule has 27 heavy (non-hydrogen) atoms. The van der Waals surface area contributed by atoms with Crippen LogP contribution in [-0.2, 0) is 11.3 Å². The SMILES string of the molecule is COc1cccc([C@@H]2CN(C(=O)Cn3cnnn3)[C@@H]3C4CCN(CC4)[C@@H]32)c1. The summed E-state index contributed by atoms with van der Waals surface area (Å²) in [7, 11) is 1.70. The van der Waals surface area contributed by atoms with E-state index in [1.165, 1.54) is 29.4 Å². The lowest BCUT2D eigenvalue weighted by Gasteiger charge is -2.51. The third-order valence-corrected chi connectivity index (χ3v) is 6.53. The number of nitrogens with zero attached hydrogens (tertiary/aromatic N) is 6. The highest BCUT2D eigenvalue weighted by Gasteiger charge is 2.54. The van der Waals surface area contributed by atoms with Crippen molar-refractivity contribution in [3.05, 3.63) is 36.2 Å². The fourth-order valence-electron chi connectivity index (χ4n) is 5.35. The van der Waals surface area contributed by atoms with E-state index in [9.17, 15) is 4.79 Å². The lowest BCUT2D eigenvalue weighted by molar-refractivity contribution is -0.136. The van der Waals surface area contributed by atoms with Crippen LogP contribution in [0.25, 0.3) is 0 Å². The first-order valence-corrected chi connectivity index (χ1v) is 9.63. The number of methoxy groups -OCH3 is 1. The number of hydrogen-bond donors (Lipinski definition) is 0. The van der Waals surface area contributed by atoms with E-state index in [0.29, 0.717) is 17.9 Å². The van der Waals surface area contributed by atoms with Crippen LogP contribution in [0.1, 0.15) is 24.3 Å². The fraction of sp³-hybridized carbons (Fsp3) is 0.579. The van der Waals surface area contributed by atoms with Crippen LogP contribution in [0, 0.1) is 5.92 Å². The standard InChI is InChI=1S/C19H24N6O2/c1-27-15-4-2-3-14(9-15)16-10-25(17(26)11-24-12-20-21-22-24)18-13-5-7-23(8-6-13)19(16)18/h2-4,9,12-13,16,18-19H,5-8,10-11H2,1H3/t16-,18+,19+/m0/s1. The summed E-state index contributed by atoms with van der Waals surface area (Å²) in [6, 6.07) is 8.99. The van der Waals surface area contributed by atoms with E-state index < -0.39 is 0 Å². The van der Waals surface area contributed by atoms with Gasteiger partial charge in [-0.3, -0.25) is 9.69 Å². The van der Waals surface area contributed by atoms with Crippen LogP contribution in [0.5, 0.6) is 5.75 Å². The number of amides is 1. The summed E-state index contributed by atoms with van der Waals surface area (Å²) in [6.45, 7) is 3.23. The summed E-state index contributed by atoms with van der Waals surface area (Å²) in [4.78, 5) is 17.8. The predicted molar refractivity (Wildman–Crippen MR) is 97.1 cm³/mol. The third-order valence-electron chi connectivity index (χ3n) is 6.53. The molecule has 142 valence electrons. The Morgan fingerprint density at radius 1 is 1.26 bits per heavy atom. The van der Waals surface area contributed by atoms with Crippen LogP contribution in [0.2, 0.25) is 0 Å². The second-order valence-electron chi connectivity index (χ2n) is 7.79. The zero-order valence-corrected chi connectivity index (χ0v) is 15.4. The van der Waals surface area contributed by atoms with Crippen LogP contribution < -0.4 is 4.74 Å². The molecule has 4 aliphatic rings. The third kappa shape index (κ3) is 2.79. The first kappa shape index (κ1) is 16.7. The van der Waals surface area contributed by atoms with E-state index in [0.717, 1.165) is 25.4 Å². The molecule has 2 bridgehead atoms. The van der Waals surface area contributed by atoms with Gasteiger partial charge in [0.25, 0.3) is 0 Å². The average Bonchev–Trinajstić information content (AvgIpc) is 3.37. The molecule has 5 heterocycles. The molecule has 0 saturated carbocycles. The van der Waals surface area contributed by atoms with Gasteiger partial charge in [-0.25, -0.2) is 4.68 Å². The maximum absolute atomic E-state index is 13.1. The van der Waals surface area contributed by atoms with Crippen molar-refractivity contribution >= 4 is 5.91 Å². The number of piperidine rings is 3. The van der Waals surface area contributed by atoms with Crippen LogP contribution in [0.3, 0.4) is 0 Å². The van der Waals surface area contributed by atoms with Gasteiger partial charge in [-0.05, 0) is 60.0 Å². The minimum Gasteiger partial charge on any atom is -0.497 e. The van der Waals surface area contributed by atoms with E-state index in [-0.39, 0.29) is 18.5 Å². The smallest absolute Gasteiger partial charge is 0.244 e. The fourth-order valence-corrected chi connectivity index (χ4v) is 5.35. The molecule has 1 amide bonds. The number of tetrazole rings is 1. The van der Waals surface area contributed by atoms with Gasteiger partial charge in [0.1, 0.15) is 18.6 Å². The number of fused-ring (bicyclic) bond motifs is 2. The van der Waals surface area contributed by atoms with Gasteiger partial charge >= 0.3 is 0 Å². The molecular formula is C19H24N6O2. The Balaban J connectivity index is 1.47. The molecule has 3 atom stereocenters. The first-order chi connectivity index (χ1) is 13.2. The van der Waals surface area contributed by atoms with Gasteiger partial charge in [0.05, 0.1) is 13.2 Å². The van der Waals surface area contributed by atoms with E-state index >= 15 is 0 Å². The Bertz CT molecular complexity index is 817. The summed E-state index contributed by atoms with van der Waals surface area (Å²) >= 11 is 0. The quantitative estimate of drug-likeness (QED) is 0.793. The molecule has 2 aromatic rings. The van der Waals surface area contributed by atoms with Crippen molar-refractivity contribution in [2.24, 2.45) is 5.92 Å². The number of likely N-dealkylation sites (tertiary alicyclic amines) is 1. The van der Waals surface area contributed by atoms with Crippen molar-refractivity contribution in [2.75, 3.05) is 26.7 Å². The number of rotatable bonds is 4. The van der Waals surface area contributed by atoms with E-state index in [1.54, 1.807) is 7.11 Å². The second kappa shape index (κ2) is 6.60. The molecule has 1 aromatic heterocycles. The molecular weight excluding hydrogens is 344 g/mol. The summed E-state index contributed by atoms with van der Waals surface area (Å²) in [6.07, 6.45) is 3.86. The van der Waals surface area contributed by atoms with Gasteiger partial charge in [0.15, 0.2) is 0 Å². The lowest BCUT2D eigenvalue weighted by atomic mass is 9.75. The minimum absolute atomic E-state index is 0.108. The van der Waals surface area contributed by atoms with Crippen molar-refractivity contribution in [1.82, 2.24) is 30.0 Å². The van der Waals surface area contributed by atoms with Gasteiger partial charge in [0.2, 0.25) is 5.91 Å². The van der Waals surface area contributed by atoms with Crippen molar-refractivity contribution < 1.29 is 9.53 Å². The van der Waals surface area contributed by atoms with Crippen molar-refractivity contribution in [2.45, 2.75) is 37.4 Å². The monoisotopic (exact) mass is 368 g/mol. The minimum atomic E-state index is 0.108. The van der Waals surface area contributed by atoms with Gasteiger partial charge < -0.3 is 9.64 Å². The van der Waals surface area contributed by atoms with Crippen LogP contribution in [0.4, 0.5) is 0 Å². The van der Waals surface area contributed by atoms with Crippen LogP contribution in [0.15, 0.2) is 30.6 Å². The molecule has 4 fully saturated rings. The highest BCUT2D eigenvalue weighted by Crippen LogP contribution is 2.46. The summed E-state index contributed by atoms with van der Waals surface area (Å²) in [5, 5.41) is 11.1. The molecule has 0 aliphatic carbocycles. The molecule has 4 saturated heterocycles. The maximum Gasteiger partial charge on any atom is 0.244 e. The van der Waals surface area contributed by atoms with Gasteiger partial charge in [-0.15, -0.1) is 5.10 Å². The number of aromatic nitrogens is 4. The molecule has 6 rings (SSSR count). The first-order valence-electron chi connectivity index (χ1n) is 9.63. The Hall–Kier alpha value is -2.48. The Morgan fingerprint density at radius 3 is 2.85 bits per heavy atom. The number of benzene rings is 1. The maximum atomic E-state index is 13.1. The normalized spacial score (nSPS) is 31.7. The van der Waals surface area contributed by atoms with Gasteiger partial charge in [-0.1, -0.05) is 12.1 Å². The Morgan fingerprint density at radius 2 is 2.11 bits per heavy atom. The van der Waals surface area contributed by atoms with Crippen molar-refractivity contribution in [1.29, 1.82) is 0 Å². The molecule has 4 aliphatic heterocycles. The van der Waals surface area contributed by atoms with E-state index in [2.05, 4.69) is 37.5 Å². The Labute approximate surface area is 158 Å². The number of ether oxygens (including phenoxy) is 1. The highest BCUT2D eigenvalue weighted by molar-refractivity contribution is 5.77. The molecule has 8 heteroatoms. The highest BCUT2D eigenvalue weighted by atomic mass is 16.5. The summed E-state index contributed by atoms with van der Waals surface area (Å²) < 4.78 is 6.95. The lowest BCUT2D eigenvalue weighted by Crippen LogP contribution is -2.61. The topological polar surface area (TPSA) is 76.4 Å². The van der Waals surface area contributed by atoms with E-state index in [1.807, 2.05) is 12.1 Å². The zero-order valence-electron chi connectivity index (χ0n) is 15.4. The molecule has 0 radical (unpaired) electrons.